The minimum Gasteiger partial charge on any atom is -0.390 e. The summed E-state index contributed by atoms with van der Waals surface area (Å²) in [4.78, 5) is 8.44. The van der Waals surface area contributed by atoms with E-state index in [2.05, 4.69) is 10.4 Å². The Balaban J connectivity index is 2.41. The number of terminal acetylenes is 1. The predicted octanol–water partition coefficient (Wildman–Crippen LogP) is -0.0733. The molecule has 1 aliphatic heterocycles. The standard InChI is InChI=1S/C8H13O5P/c1-2-6-3-4-7(9)8(13-6)5-12-14(10)11/h1,6-9,14H,3-5H2,(H,10,11)/t6?,7-,8+/m0/s1. The first-order valence-electron chi connectivity index (χ1n) is 4.29. The molecule has 0 saturated carbocycles. The quantitative estimate of drug-likeness (QED) is 0.514. The Hall–Kier alpha value is -0.370. The van der Waals surface area contributed by atoms with Crippen LogP contribution in [-0.2, 0) is 13.8 Å². The maximum absolute atomic E-state index is 10.3. The highest BCUT2D eigenvalue weighted by Crippen LogP contribution is 2.23. The van der Waals surface area contributed by atoms with Crippen LogP contribution < -0.4 is 0 Å². The lowest BCUT2D eigenvalue weighted by molar-refractivity contribution is -0.112. The number of aliphatic hydroxyl groups excluding tert-OH is 1. The molecule has 6 heteroatoms. The molecule has 0 amide bonds. The molecule has 0 aromatic carbocycles. The van der Waals surface area contributed by atoms with Crippen molar-refractivity contribution in [3.05, 3.63) is 0 Å². The van der Waals surface area contributed by atoms with Gasteiger partial charge in [-0.15, -0.1) is 6.42 Å². The van der Waals surface area contributed by atoms with Crippen LogP contribution in [0, 0.1) is 12.3 Å². The van der Waals surface area contributed by atoms with Crippen LogP contribution in [0.25, 0.3) is 0 Å². The molecule has 5 nitrogen and oxygen atoms in total. The van der Waals surface area contributed by atoms with Gasteiger partial charge in [0.15, 0.2) is 0 Å². The average Bonchev–Trinajstić information content (AvgIpc) is 2.16. The van der Waals surface area contributed by atoms with Crippen LogP contribution >= 0.6 is 8.25 Å². The van der Waals surface area contributed by atoms with Crippen LogP contribution in [0.4, 0.5) is 0 Å². The Kier molecular flexibility index (Phi) is 4.59. The fourth-order valence-corrected chi connectivity index (χ4v) is 1.61. The molecule has 4 atom stereocenters. The highest BCUT2D eigenvalue weighted by atomic mass is 31.1. The van der Waals surface area contributed by atoms with Crippen LogP contribution in [0.3, 0.4) is 0 Å². The molecule has 2 unspecified atom stereocenters. The van der Waals surface area contributed by atoms with Gasteiger partial charge in [-0.1, -0.05) is 5.92 Å². The fourth-order valence-electron chi connectivity index (χ4n) is 1.30. The van der Waals surface area contributed by atoms with E-state index in [1.54, 1.807) is 0 Å². The second kappa shape index (κ2) is 5.50. The fraction of sp³-hybridized carbons (Fsp3) is 0.750. The number of aliphatic hydroxyl groups is 1. The molecule has 1 heterocycles. The molecular formula is C8H13O5P. The van der Waals surface area contributed by atoms with E-state index in [-0.39, 0.29) is 12.7 Å². The Bertz CT molecular complexity index is 249. The predicted molar refractivity (Wildman–Crippen MR) is 49.9 cm³/mol. The number of hydrogen-bond donors (Lipinski definition) is 2. The molecule has 1 saturated heterocycles. The van der Waals surface area contributed by atoms with Crippen LogP contribution in [0.2, 0.25) is 0 Å². The number of ether oxygens (including phenoxy) is 1. The van der Waals surface area contributed by atoms with Gasteiger partial charge >= 0.3 is 8.25 Å². The molecule has 1 aliphatic rings. The normalized spacial score (nSPS) is 34.8. The Morgan fingerprint density at radius 1 is 1.64 bits per heavy atom. The summed E-state index contributed by atoms with van der Waals surface area (Å²) in [6, 6.07) is 0. The van der Waals surface area contributed by atoms with Crippen molar-refractivity contribution in [3.8, 4) is 12.3 Å². The molecule has 14 heavy (non-hydrogen) atoms. The second-order valence-corrected chi connectivity index (χ2v) is 3.87. The van der Waals surface area contributed by atoms with Crippen molar-refractivity contribution in [1.82, 2.24) is 0 Å². The Morgan fingerprint density at radius 2 is 2.36 bits per heavy atom. The minimum atomic E-state index is -2.97. The summed E-state index contributed by atoms with van der Waals surface area (Å²) >= 11 is 0. The zero-order chi connectivity index (χ0) is 10.6. The summed E-state index contributed by atoms with van der Waals surface area (Å²) in [5.41, 5.74) is 0. The topological polar surface area (TPSA) is 76.0 Å². The van der Waals surface area contributed by atoms with Gasteiger partial charge in [0.25, 0.3) is 0 Å². The van der Waals surface area contributed by atoms with Gasteiger partial charge in [-0.3, -0.25) is 4.57 Å². The van der Waals surface area contributed by atoms with E-state index >= 15 is 0 Å². The van der Waals surface area contributed by atoms with Crippen molar-refractivity contribution in [2.75, 3.05) is 6.61 Å². The van der Waals surface area contributed by atoms with Gasteiger partial charge in [-0.25, -0.2) is 0 Å². The van der Waals surface area contributed by atoms with Gasteiger partial charge in [-0.2, -0.15) is 0 Å². The molecule has 0 bridgehead atoms. The maximum Gasteiger partial charge on any atom is 0.316 e. The van der Waals surface area contributed by atoms with Gasteiger partial charge in [0.2, 0.25) is 0 Å². The maximum atomic E-state index is 10.3. The lowest BCUT2D eigenvalue weighted by atomic mass is 10.0. The van der Waals surface area contributed by atoms with E-state index in [0.29, 0.717) is 12.8 Å². The van der Waals surface area contributed by atoms with Crippen molar-refractivity contribution >= 4 is 8.25 Å². The van der Waals surface area contributed by atoms with Gasteiger partial charge in [0, 0.05) is 0 Å². The van der Waals surface area contributed by atoms with E-state index in [1.165, 1.54) is 0 Å². The highest BCUT2D eigenvalue weighted by molar-refractivity contribution is 7.32. The van der Waals surface area contributed by atoms with E-state index < -0.39 is 20.5 Å². The van der Waals surface area contributed by atoms with Crippen LogP contribution in [0.1, 0.15) is 12.8 Å². The molecular weight excluding hydrogens is 207 g/mol. The van der Waals surface area contributed by atoms with Gasteiger partial charge in [0.1, 0.15) is 12.2 Å². The van der Waals surface area contributed by atoms with E-state index in [0.717, 1.165) is 0 Å². The van der Waals surface area contributed by atoms with Crippen LogP contribution in [0.15, 0.2) is 0 Å². The van der Waals surface area contributed by atoms with Crippen molar-refractivity contribution in [2.24, 2.45) is 0 Å². The lowest BCUT2D eigenvalue weighted by Gasteiger charge is -2.30. The van der Waals surface area contributed by atoms with Gasteiger partial charge in [-0.05, 0) is 12.8 Å². The Morgan fingerprint density at radius 3 is 2.93 bits per heavy atom. The minimum absolute atomic E-state index is 0.104. The lowest BCUT2D eigenvalue weighted by Crippen LogP contribution is -2.40. The third-order valence-corrected chi connectivity index (χ3v) is 2.46. The first-order chi connectivity index (χ1) is 6.63. The molecule has 0 radical (unpaired) electrons. The monoisotopic (exact) mass is 220 g/mol. The van der Waals surface area contributed by atoms with Crippen LogP contribution in [0.5, 0.6) is 0 Å². The van der Waals surface area contributed by atoms with E-state index in [4.69, 9.17) is 16.1 Å². The molecule has 0 spiro atoms. The summed E-state index contributed by atoms with van der Waals surface area (Å²) in [6.45, 7) is -0.104. The first kappa shape index (κ1) is 11.7. The molecule has 1 fully saturated rings. The van der Waals surface area contributed by atoms with Crippen molar-refractivity contribution in [2.45, 2.75) is 31.2 Å². The van der Waals surface area contributed by atoms with Crippen LogP contribution in [-0.4, -0.2) is 34.9 Å². The third kappa shape index (κ3) is 3.41. The number of rotatable bonds is 3. The summed E-state index contributed by atoms with van der Waals surface area (Å²) in [7, 11) is -2.97. The molecule has 80 valence electrons. The summed E-state index contributed by atoms with van der Waals surface area (Å²) < 4.78 is 20.0. The smallest absolute Gasteiger partial charge is 0.316 e. The molecule has 0 aliphatic carbocycles. The summed E-state index contributed by atoms with van der Waals surface area (Å²) in [6.07, 6.45) is 4.66. The number of hydrogen-bond acceptors (Lipinski definition) is 4. The zero-order valence-corrected chi connectivity index (χ0v) is 8.55. The largest absolute Gasteiger partial charge is 0.390 e. The van der Waals surface area contributed by atoms with Crippen molar-refractivity contribution in [3.63, 3.8) is 0 Å². The molecule has 0 aromatic heterocycles. The van der Waals surface area contributed by atoms with E-state index in [1.807, 2.05) is 0 Å². The molecule has 0 aromatic rings. The van der Waals surface area contributed by atoms with Crippen molar-refractivity contribution in [1.29, 1.82) is 0 Å². The summed E-state index contributed by atoms with van der Waals surface area (Å²) in [5, 5.41) is 9.45. The third-order valence-electron chi connectivity index (χ3n) is 2.05. The summed E-state index contributed by atoms with van der Waals surface area (Å²) in [5.74, 6) is 2.42. The Labute approximate surface area is 83.0 Å². The van der Waals surface area contributed by atoms with E-state index in [9.17, 15) is 9.67 Å². The highest BCUT2D eigenvalue weighted by Gasteiger charge is 2.29. The SMILES string of the molecule is C#CC1CC[C@H](O)[C@@H](CO[PH](=O)O)O1. The average molecular weight is 220 g/mol. The van der Waals surface area contributed by atoms with Gasteiger partial charge < -0.3 is 19.3 Å². The van der Waals surface area contributed by atoms with Gasteiger partial charge in [0.05, 0.1) is 12.7 Å². The zero-order valence-electron chi connectivity index (χ0n) is 7.55. The molecule has 2 N–H and O–H groups in total. The molecule has 1 rings (SSSR count). The van der Waals surface area contributed by atoms with Crippen molar-refractivity contribution < 1.29 is 23.8 Å². The first-order valence-corrected chi connectivity index (χ1v) is 5.55. The second-order valence-electron chi connectivity index (χ2n) is 3.05.